The molecule has 0 radical (unpaired) electrons. The molecule has 1 aliphatic heterocycles. The first kappa shape index (κ1) is 15.7. The van der Waals surface area contributed by atoms with E-state index in [0.29, 0.717) is 0 Å². The van der Waals surface area contributed by atoms with Crippen molar-refractivity contribution in [3.63, 3.8) is 0 Å². The summed E-state index contributed by atoms with van der Waals surface area (Å²) in [5, 5.41) is 9.19. The Hall–Kier alpha value is -2.70. The molecule has 1 aromatic rings. The van der Waals surface area contributed by atoms with E-state index in [-0.39, 0.29) is 24.2 Å². The summed E-state index contributed by atoms with van der Waals surface area (Å²) in [6, 6.07) is 5.26. The van der Waals surface area contributed by atoms with Gasteiger partial charge < -0.3 is 10.0 Å². The summed E-state index contributed by atoms with van der Waals surface area (Å²) in [6.07, 6.45) is 0.179. The molecule has 0 aliphatic carbocycles. The largest absolute Gasteiger partial charge is 0.480 e. The zero-order valence-electron chi connectivity index (χ0n) is 12.3. The Morgan fingerprint density at radius 2 is 1.68 bits per heavy atom. The molecule has 1 unspecified atom stereocenters. The Balaban J connectivity index is 2.29. The Kier molecular flexibility index (Phi) is 4.25. The molecule has 1 heterocycles. The SMILES string of the molecule is CCC(C(=O)O)N(CN1C(=O)c2ccccc2C1=O)C(C)=O. The van der Waals surface area contributed by atoms with Crippen LogP contribution in [0.15, 0.2) is 24.3 Å². The van der Waals surface area contributed by atoms with Crippen LogP contribution in [0.1, 0.15) is 41.0 Å². The van der Waals surface area contributed by atoms with Gasteiger partial charge in [-0.25, -0.2) is 4.79 Å². The molecule has 0 bridgehead atoms. The molecule has 0 saturated heterocycles. The zero-order chi connectivity index (χ0) is 16.4. The van der Waals surface area contributed by atoms with Crippen LogP contribution in [0, 0.1) is 0 Å². The number of hydrogen-bond acceptors (Lipinski definition) is 4. The molecule has 3 amide bonds. The summed E-state index contributed by atoms with van der Waals surface area (Å²) in [6.45, 7) is 2.47. The third-order valence-corrected chi connectivity index (χ3v) is 3.62. The van der Waals surface area contributed by atoms with Crippen LogP contribution < -0.4 is 0 Å². The monoisotopic (exact) mass is 304 g/mol. The average Bonchev–Trinajstić information content (AvgIpc) is 2.71. The minimum absolute atomic E-state index is 0.179. The summed E-state index contributed by atoms with van der Waals surface area (Å²) in [4.78, 5) is 49.4. The number of hydrogen-bond donors (Lipinski definition) is 1. The van der Waals surface area contributed by atoms with Gasteiger partial charge in [-0.2, -0.15) is 0 Å². The van der Waals surface area contributed by atoms with E-state index in [1.54, 1.807) is 19.1 Å². The van der Waals surface area contributed by atoms with Gasteiger partial charge in [0.2, 0.25) is 5.91 Å². The lowest BCUT2D eigenvalue weighted by Gasteiger charge is -2.30. The average molecular weight is 304 g/mol. The van der Waals surface area contributed by atoms with Crippen molar-refractivity contribution in [3.05, 3.63) is 35.4 Å². The molecule has 0 spiro atoms. The summed E-state index contributed by atoms with van der Waals surface area (Å²) < 4.78 is 0. The Morgan fingerprint density at radius 1 is 1.18 bits per heavy atom. The second kappa shape index (κ2) is 5.97. The summed E-state index contributed by atoms with van der Waals surface area (Å²) in [5.74, 6) is -2.72. The molecular weight excluding hydrogens is 288 g/mol. The van der Waals surface area contributed by atoms with Gasteiger partial charge in [0.25, 0.3) is 11.8 Å². The van der Waals surface area contributed by atoms with Gasteiger partial charge >= 0.3 is 5.97 Å². The number of nitrogens with zero attached hydrogens (tertiary/aromatic N) is 2. The maximum absolute atomic E-state index is 12.3. The van der Waals surface area contributed by atoms with Crippen LogP contribution in [-0.4, -0.2) is 51.3 Å². The standard InChI is InChI=1S/C15H16N2O5/c1-3-12(15(21)22)16(9(2)18)8-17-13(19)10-6-4-5-7-11(10)14(17)20/h4-7,12H,3,8H2,1-2H3,(H,21,22). The van der Waals surface area contributed by atoms with E-state index in [2.05, 4.69) is 0 Å². The van der Waals surface area contributed by atoms with Gasteiger partial charge in [-0.3, -0.25) is 19.3 Å². The molecule has 7 heteroatoms. The minimum Gasteiger partial charge on any atom is -0.480 e. The maximum Gasteiger partial charge on any atom is 0.326 e. The number of fused-ring (bicyclic) bond motifs is 1. The van der Waals surface area contributed by atoms with E-state index in [1.165, 1.54) is 19.1 Å². The predicted octanol–water partition coefficient (Wildman–Crippen LogP) is 0.952. The normalized spacial score (nSPS) is 14.7. The zero-order valence-corrected chi connectivity index (χ0v) is 12.3. The summed E-state index contributed by atoms with van der Waals surface area (Å²) in [7, 11) is 0. The lowest BCUT2D eigenvalue weighted by molar-refractivity contribution is -0.150. The van der Waals surface area contributed by atoms with Crippen LogP contribution in [0.25, 0.3) is 0 Å². The first-order valence-corrected chi connectivity index (χ1v) is 6.83. The van der Waals surface area contributed by atoms with Crippen molar-refractivity contribution >= 4 is 23.7 Å². The molecule has 1 aliphatic rings. The van der Waals surface area contributed by atoms with Crippen molar-refractivity contribution in [1.82, 2.24) is 9.80 Å². The van der Waals surface area contributed by atoms with Gasteiger partial charge in [0.05, 0.1) is 11.1 Å². The molecule has 7 nitrogen and oxygen atoms in total. The third-order valence-electron chi connectivity index (χ3n) is 3.62. The van der Waals surface area contributed by atoms with Crippen molar-refractivity contribution in [2.45, 2.75) is 26.3 Å². The van der Waals surface area contributed by atoms with Gasteiger partial charge in [0.15, 0.2) is 0 Å². The topological polar surface area (TPSA) is 95.0 Å². The van der Waals surface area contributed by atoms with Crippen LogP contribution in [0.5, 0.6) is 0 Å². The first-order chi connectivity index (χ1) is 10.4. The smallest absolute Gasteiger partial charge is 0.326 e. The van der Waals surface area contributed by atoms with E-state index in [1.807, 2.05) is 0 Å². The van der Waals surface area contributed by atoms with E-state index in [0.717, 1.165) is 9.80 Å². The highest BCUT2D eigenvalue weighted by Gasteiger charge is 2.38. The summed E-state index contributed by atoms with van der Waals surface area (Å²) >= 11 is 0. The maximum atomic E-state index is 12.3. The molecule has 0 aromatic heterocycles. The molecule has 0 fully saturated rings. The summed E-state index contributed by atoms with van der Waals surface area (Å²) in [5.41, 5.74) is 0.527. The highest BCUT2D eigenvalue weighted by atomic mass is 16.4. The second-order valence-electron chi connectivity index (χ2n) is 4.98. The fourth-order valence-electron chi connectivity index (χ4n) is 2.47. The van der Waals surface area contributed by atoms with Crippen LogP contribution in [0.3, 0.4) is 0 Å². The molecule has 1 aromatic carbocycles. The lowest BCUT2D eigenvalue weighted by atomic mass is 10.1. The Morgan fingerprint density at radius 3 is 2.05 bits per heavy atom. The number of carboxylic acid groups (broad SMARTS) is 1. The molecule has 1 N–H and O–H groups in total. The highest BCUT2D eigenvalue weighted by molar-refractivity contribution is 6.21. The van der Waals surface area contributed by atoms with Crippen molar-refractivity contribution < 1.29 is 24.3 Å². The third kappa shape index (κ3) is 2.57. The van der Waals surface area contributed by atoms with Gasteiger partial charge in [-0.1, -0.05) is 19.1 Å². The number of amides is 3. The Bertz CT molecular complexity index is 620. The number of carboxylic acids is 1. The van der Waals surface area contributed by atoms with Crippen molar-refractivity contribution in [3.8, 4) is 0 Å². The number of imide groups is 1. The molecule has 116 valence electrons. The van der Waals surface area contributed by atoms with Gasteiger partial charge in [0, 0.05) is 6.92 Å². The van der Waals surface area contributed by atoms with Crippen LogP contribution in [-0.2, 0) is 9.59 Å². The predicted molar refractivity (Wildman–Crippen MR) is 76.0 cm³/mol. The van der Waals surface area contributed by atoms with Crippen LogP contribution in [0.4, 0.5) is 0 Å². The second-order valence-corrected chi connectivity index (χ2v) is 4.98. The van der Waals surface area contributed by atoms with Crippen molar-refractivity contribution in [1.29, 1.82) is 0 Å². The Labute approximate surface area is 127 Å². The molecule has 0 saturated carbocycles. The van der Waals surface area contributed by atoms with Gasteiger partial charge in [0.1, 0.15) is 12.7 Å². The quantitative estimate of drug-likeness (QED) is 0.817. The first-order valence-electron chi connectivity index (χ1n) is 6.83. The fraction of sp³-hybridized carbons (Fsp3) is 0.333. The molecule has 2 rings (SSSR count). The van der Waals surface area contributed by atoms with Crippen LogP contribution >= 0.6 is 0 Å². The highest BCUT2D eigenvalue weighted by Crippen LogP contribution is 2.23. The van der Waals surface area contributed by atoms with Crippen molar-refractivity contribution in [2.24, 2.45) is 0 Å². The number of carbonyl (C=O) groups excluding carboxylic acids is 3. The molecular formula is C15H16N2O5. The number of carbonyl (C=O) groups is 4. The number of aliphatic carboxylic acids is 1. The van der Waals surface area contributed by atoms with Crippen molar-refractivity contribution in [2.75, 3.05) is 6.67 Å². The fourth-order valence-corrected chi connectivity index (χ4v) is 2.47. The lowest BCUT2D eigenvalue weighted by Crippen LogP contribution is -2.50. The van der Waals surface area contributed by atoms with Gasteiger partial charge in [-0.15, -0.1) is 0 Å². The van der Waals surface area contributed by atoms with Gasteiger partial charge in [-0.05, 0) is 18.6 Å². The van der Waals surface area contributed by atoms with Crippen LogP contribution in [0.2, 0.25) is 0 Å². The van der Waals surface area contributed by atoms with E-state index in [9.17, 15) is 24.3 Å². The molecule has 22 heavy (non-hydrogen) atoms. The number of benzene rings is 1. The van der Waals surface area contributed by atoms with E-state index >= 15 is 0 Å². The minimum atomic E-state index is -1.17. The van der Waals surface area contributed by atoms with E-state index < -0.39 is 29.7 Å². The van der Waals surface area contributed by atoms with E-state index in [4.69, 9.17) is 0 Å². The number of rotatable bonds is 5. The molecule has 1 atom stereocenters.